The maximum absolute atomic E-state index is 5.77. The summed E-state index contributed by atoms with van der Waals surface area (Å²) in [7, 11) is 2.03. The van der Waals surface area contributed by atoms with Gasteiger partial charge in [0, 0.05) is 6.54 Å². The molecule has 0 aliphatic carbocycles. The molecule has 0 aliphatic rings. The first-order valence-electron chi connectivity index (χ1n) is 5.32. The second-order valence-electron chi connectivity index (χ2n) is 3.72. The molecule has 0 saturated carbocycles. The van der Waals surface area contributed by atoms with Crippen LogP contribution in [0.15, 0.2) is 48.5 Å². The SMILES string of the molecule is Bc1ccccc1Oc1ccc(CN)cc1. The van der Waals surface area contributed by atoms with Gasteiger partial charge in [-0.3, -0.25) is 0 Å². The van der Waals surface area contributed by atoms with Crippen LogP contribution in [-0.2, 0) is 6.54 Å². The normalized spacial score (nSPS) is 10.1. The fraction of sp³-hybridized carbons (Fsp3) is 0.0769. The summed E-state index contributed by atoms with van der Waals surface area (Å²) < 4.78 is 5.77. The predicted octanol–water partition coefficient (Wildman–Crippen LogP) is 1.20. The molecule has 16 heavy (non-hydrogen) atoms. The molecule has 0 spiro atoms. The Morgan fingerprint density at radius 1 is 1.00 bits per heavy atom. The summed E-state index contributed by atoms with van der Waals surface area (Å²) in [6.07, 6.45) is 0. The van der Waals surface area contributed by atoms with Crippen LogP contribution >= 0.6 is 0 Å². The summed E-state index contributed by atoms with van der Waals surface area (Å²) >= 11 is 0. The molecule has 80 valence electrons. The van der Waals surface area contributed by atoms with E-state index < -0.39 is 0 Å². The number of benzene rings is 2. The zero-order chi connectivity index (χ0) is 11.4. The minimum Gasteiger partial charge on any atom is -0.458 e. The monoisotopic (exact) mass is 211 g/mol. The van der Waals surface area contributed by atoms with Gasteiger partial charge in [-0.05, 0) is 29.2 Å². The molecular weight excluding hydrogens is 197 g/mol. The van der Waals surface area contributed by atoms with E-state index in [1.165, 1.54) is 0 Å². The van der Waals surface area contributed by atoms with Crippen LogP contribution in [0.2, 0.25) is 0 Å². The molecule has 0 saturated heterocycles. The van der Waals surface area contributed by atoms with Crippen molar-refractivity contribution in [2.24, 2.45) is 5.73 Å². The highest BCUT2D eigenvalue weighted by Crippen LogP contribution is 2.19. The molecule has 3 heteroatoms. The minimum atomic E-state index is 0.560. The lowest BCUT2D eigenvalue weighted by Gasteiger charge is -2.08. The van der Waals surface area contributed by atoms with Crippen LogP contribution in [0.1, 0.15) is 5.56 Å². The third-order valence-electron chi connectivity index (χ3n) is 2.48. The summed E-state index contributed by atoms with van der Waals surface area (Å²) in [5.41, 5.74) is 7.77. The van der Waals surface area contributed by atoms with Gasteiger partial charge in [-0.2, -0.15) is 0 Å². The van der Waals surface area contributed by atoms with Crippen molar-refractivity contribution in [3.8, 4) is 11.5 Å². The first-order chi connectivity index (χ1) is 7.79. The van der Waals surface area contributed by atoms with Crippen LogP contribution in [0.5, 0.6) is 11.5 Å². The molecular formula is C13H14BNO. The van der Waals surface area contributed by atoms with Crippen LogP contribution < -0.4 is 15.9 Å². The number of nitrogens with two attached hydrogens (primary N) is 1. The Labute approximate surface area is 96.5 Å². The van der Waals surface area contributed by atoms with Crippen LogP contribution in [-0.4, -0.2) is 7.85 Å². The molecule has 0 aliphatic heterocycles. The first-order valence-corrected chi connectivity index (χ1v) is 5.32. The van der Waals surface area contributed by atoms with Crippen molar-refractivity contribution in [2.75, 3.05) is 0 Å². The zero-order valence-electron chi connectivity index (χ0n) is 9.31. The second kappa shape index (κ2) is 4.86. The van der Waals surface area contributed by atoms with Gasteiger partial charge in [0.25, 0.3) is 0 Å². The lowest BCUT2D eigenvalue weighted by Crippen LogP contribution is -2.05. The number of rotatable bonds is 3. The van der Waals surface area contributed by atoms with E-state index in [1.54, 1.807) is 0 Å². The molecule has 0 heterocycles. The van der Waals surface area contributed by atoms with E-state index in [9.17, 15) is 0 Å². The molecule has 0 amide bonds. The Balaban J connectivity index is 2.18. The quantitative estimate of drug-likeness (QED) is 0.774. The van der Waals surface area contributed by atoms with E-state index in [0.717, 1.165) is 22.5 Å². The van der Waals surface area contributed by atoms with E-state index in [2.05, 4.69) is 0 Å². The molecule has 2 nitrogen and oxygen atoms in total. The Morgan fingerprint density at radius 3 is 2.31 bits per heavy atom. The topological polar surface area (TPSA) is 35.2 Å². The number of hydrogen-bond donors (Lipinski definition) is 1. The standard InChI is InChI=1S/C13H14BNO/c14-12-3-1-2-4-13(12)16-11-7-5-10(9-15)6-8-11/h1-8H,9,14-15H2. The van der Waals surface area contributed by atoms with Gasteiger partial charge in [-0.15, -0.1) is 0 Å². The largest absolute Gasteiger partial charge is 0.458 e. The number of hydrogen-bond acceptors (Lipinski definition) is 2. The molecule has 0 atom stereocenters. The van der Waals surface area contributed by atoms with Gasteiger partial charge in [0.05, 0.1) is 0 Å². The van der Waals surface area contributed by atoms with Crippen LogP contribution in [0.3, 0.4) is 0 Å². The van der Waals surface area contributed by atoms with E-state index in [1.807, 2.05) is 56.4 Å². The van der Waals surface area contributed by atoms with Gasteiger partial charge in [0.2, 0.25) is 0 Å². The van der Waals surface area contributed by atoms with E-state index in [-0.39, 0.29) is 0 Å². The van der Waals surface area contributed by atoms with Crippen molar-refractivity contribution in [2.45, 2.75) is 6.54 Å². The molecule has 0 fully saturated rings. The van der Waals surface area contributed by atoms with Gasteiger partial charge < -0.3 is 10.5 Å². The Morgan fingerprint density at radius 2 is 1.69 bits per heavy atom. The summed E-state index contributed by atoms with van der Waals surface area (Å²) in [5.74, 6) is 1.73. The fourth-order valence-corrected chi connectivity index (χ4v) is 1.49. The first kappa shape index (κ1) is 10.8. The highest BCUT2D eigenvalue weighted by molar-refractivity contribution is 6.34. The van der Waals surface area contributed by atoms with Crippen molar-refractivity contribution in [1.29, 1.82) is 0 Å². The summed E-state index contributed by atoms with van der Waals surface area (Å²) in [6.45, 7) is 0.560. The number of para-hydroxylation sites is 1. The number of ether oxygens (including phenoxy) is 1. The Hall–Kier alpha value is -1.74. The highest BCUT2D eigenvalue weighted by atomic mass is 16.5. The van der Waals surface area contributed by atoms with Gasteiger partial charge in [-0.1, -0.05) is 30.3 Å². The molecule has 2 aromatic carbocycles. The Kier molecular flexibility index (Phi) is 3.27. The molecule has 0 radical (unpaired) electrons. The van der Waals surface area contributed by atoms with Gasteiger partial charge in [0.15, 0.2) is 0 Å². The van der Waals surface area contributed by atoms with Gasteiger partial charge >= 0.3 is 0 Å². The second-order valence-corrected chi connectivity index (χ2v) is 3.72. The van der Waals surface area contributed by atoms with Crippen LogP contribution in [0.4, 0.5) is 0 Å². The summed E-state index contributed by atoms with van der Waals surface area (Å²) in [6, 6.07) is 15.8. The van der Waals surface area contributed by atoms with Crippen molar-refractivity contribution in [3.63, 3.8) is 0 Å². The third-order valence-corrected chi connectivity index (χ3v) is 2.48. The van der Waals surface area contributed by atoms with Gasteiger partial charge in [-0.25, -0.2) is 0 Å². The van der Waals surface area contributed by atoms with Crippen molar-refractivity contribution in [1.82, 2.24) is 0 Å². The molecule has 2 rings (SSSR count). The maximum atomic E-state index is 5.77. The molecule has 2 N–H and O–H groups in total. The highest BCUT2D eigenvalue weighted by Gasteiger charge is 1.99. The maximum Gasteiger partial charge on any atom is 0.144 e. The van der Waals surface area contributed by atoms with E-state index in [4.69, 9.17) is 10.5 Å². The van der Waals surface area contributed by atoms with E-state index >= 15 is 0 Å². The summed E-state index contributed by atoms with van der Waals surface area (Å²) in [4.78, 5) is 0. The van der Waals surface area contributed by atoms with Crippen molar-refractivity contribution >= 4 is 13.3 Å². The van der Waals surface area contributed by atoms with Gasteiger partial charge in [0.1, 0.15) is 19.3 Å². The van der Waals surface area contributed by atoms with Crippen LogP contribution in [0, 0.1) is 0 Å². The Bertz CT molecular complexity index is 468. The molecule has 0 bridgehead atoms. The zero-order valence-corrected chi connectivity index (χ0v) is 9.31. The molecule has 0 unspecified atom stereocenters. The lowest BCUT2D eigenvalue weighted by atomic mass is 9.95. The lowest BCUT2D eigenvalue weighted by molar-refractivity contribution is 0.486. The molecule has 0 aromatic heterocycles. The minimum absolute atomic E-state index is 0.560. The predicted molar refractivity (Wildman–Crippen MR) is 69.0 cm³/mol. The molecule has 2 aromatic rings. The van der Waals surface area contributed by atoms with Crippen LogP contribution in [0.25, 0.3) is 0 Å². The summed E-state index contributed by atoms with van der Waals surface area (Å²) in [5, 5.41) is 0. The average Bonchev–Trinajstić information content (AvgIpc) is 2.33. The van der Waals surface area contributed by atoms with E-state index in [0.29, 0.717) is 6.54 Å². The average molecular weight is 211 g/mol. The third kappa shape index (κ3) is 2.44. The smallest absolute Gasteiger partial charge is 0.144 e. The fourth-order valence-electron chi connectivity index (χ4n) is 1.49. The van der Waals surface area contributed by atoms with Crippen molar-refractivity contribution in [3.05, 3.63) is 54.1 Å². The van der Waals surface area contributed by atoms with Crippen molar-refractivity contribution < 1.29 is 4.74 Å².